The molecule has 142 valence electrons. The summed E-state index contributed by atoms with van der Waals surface area (Å²) in [7, 11) is -1.39. The van der Waals surface area contributed by atoms with E-state index < -0.39 is 9.84 Å². The lowest BCUT2D eigenvalue weighted by Gasteiger charge is -2.35. The fourth-order valence-corrected chi connectivity index (χ4v) is 5.17. The monoisotopic (exact) mass is 380 g/mol. The number of aromatic nitrogens is 1. The van der Waals surface area contributed by atoms with Crippen molar-refractivity contribution in [1.29, 1.82) is 0 Å². The molecule has 0 aromatic carbocycles. The van der Waals surface area contributed by atoms with Gasteiger partial charge >= 0.3 is 0 Å². The minimum Gasteiger partial charge on any atom is -0.353 e. The summed E-state index contributed by atoms with van der Waals surface area (Å²) in [4.78, 5) is 33.8. The lowest BCUT2D eigenvalue weighted by Crippen LogP contribution is -2.48. The maximum Gasteiger partial charge on any atom is 0.255 e. The average molecular weight is 380 g/mol. The molecule has 2 saturated heterocycles. The largest absolute Gasteiger partial charge is 0.353 e. The Morgan fingerprint density at radius 2 is 1.88 bits per heavy atom. The highest BCUT2D eigenvalue weighted by atomic mass is 32.2. The van der Waals surface area contributed by atoms with E-state index in [-0.39, 0.29) is 29.4 Å². The molecule has 2 aliphatic rings. The van der Waals surface area contributed by atoms with Crippen LogP contribution >= 0.6 is 0 Å². The van der Waals surface area contributed by atoms with E-state index in [1.165, 1.54) is 11.1 Å². The molecule has 3 rings (SSSR count). The van der Waals surface area contributed by atoms with Crippen LogP contribution in [0.25, 0.3) is 0 Å². The summed E-state index contributed by atoms with van der Waals surface area (Å²) >= 11 is 0. The van der Waals surface area contributed by atoms with Crippen LogP contribution in [0.5, 0.6) is 0 Å². The SMILES string of the molecule is CC(=O)N1CCN(c2ccc(C(=O)N(C)C3CCS(=O)(=O)C3)cn2)CC1. The van der Waals surface area contributed by atoms with Crippen LogP contribution < -0.4 is 4.90 Å². The summed E-state index contributed by atoms with van der Waals surface area (Å²) in [5, 5.41) is 0. The van der Waals surface area contributed by atoms with E-state index in [9.17, 15) is 18.0 Å². The van der Waals surface area contributed by atoms with Crippen molar-refractivity contribution in [2.24, 2.45) is 0 Å². The minimum absolute atomic E-state index is 0.0289. The molecule has 0 aliphatic carbocycles. The molecule has 0 spiro atoms. The third-order valence-electron chi connectivity index (χ3n) is 5.12. The molecular formula is C17H24N4O4S. The van der Waals surface area contributed by atoms with Gasteiger partial charge in [0.25, 0.3) is 5.91 Å². The van der Waals surface area contributed by atoms with Crippen molar-refractivity contribution < 1.29 is 18.0 Å². The predicted molar refractivity (Wildman–Crippen MR) is 97.9 cm³/mol. The number of amides is 2. The van der Waals surface area contributed by atoms with Crippen molar-refractivity contribution in [3.63, 3.8) is 0 Å². The van der Waals surface area contributed by atoms with Crippen molar-refractivity contribution in [2.45, 2.75) is 19.4 Å². The maximum absolute atomic E-state index is 12.6. The first-order valence-electron chi connectivity index (χ1n) is 8.71. The van der Waals surface area contributed by atoms with Crippen LogP contribution in [0.3, 0.4) is 0 Å². The molecule has 9 heteroatoms. The van der Waals surface area contributed by atoms with Gasteiger partial charge in [-0.15, -0.1) is 0 Å². The van der Waals surface area contributed by atoms with Gasteiger partial charge in [-0.1, -0.05) is 0 Å². The van der Waals surface area contributed by atoms with Gasteiger partial charge in [0, 0.05) is 52.4 Å². The molecule has 0 saturated carbocycles. The van der Waals surface area contributed by atoms with E-state index in [0.717, 1.165) is 5.82 Å². The van der Waals surface area contributed by atoms with Crippen LogP contribution in [0, 0.1) is 0 Å². The summed E-state index contributed by atoms with van der Waals surface area (Å²) < 4.78 is 23.2. The van der Waals surface area contributed by atoms with Crippen LogP contribution in [-0.2, 0) is 14.6 Å². The van der Waals surface area contributed by atoms with E-state index in [1.807, 2.05) is 0 Å². The fraction of sp³-hybridized carbons (Fsp3) is 0.588. The van der Waals surface area contributed by atoms with Crippen molar-refractivity contribution >= 4 is 27.5 Å². The standard InChI is InChI=1S/C17H24N4O4S/c1-13(22)20-6-8-21(9-7-20)16-4-3-14(11-18-16)17(23)19(2)15-5-10-26(24,25)12-15/h3-4,11,15H,5-10,12H2,1-2H3. The first kappa shape index (κ1) is 18.6. The smallest absolute Gasteiger partial charge is 0.255 e. The Morgan fingerprint density at radius 1 is 1.19 bits per heavy atom. The molecule has 1 aromatic heterocycles. The van der Waals surface area contributed by atoms with Gasteiger partial charge in [-0.05, 0) is 18.6 Å². The molecule has 1 unspecified atom stereocenters. The molecule has 0 radical (unpaired) electrons. The number of anilines is 1. The van der Waals surface area contributed by atoms with E-state index in [1.54, 1.807) is 31.0 Å². The Hall–Kier alpha value is -2.16. The number of nitrogens with zero attached hydrogens (tertiary/aromatic N) is 4. The fourth-order valence-electron chi connectivity index (χ4n) is 3.40. The first-order valence-corrected chi connectivity index (χ1v) is 10.5. The maximum atomic E-state index is 12.6. The Bertz CT molecular complexity index is 785. The Morgan fingerprint density at radius 3 is 2.38 bits per heavy atom. The normalized spacial score (nSPS) is 22.3. The third kappa shape index (κ3) is 3.98. The summed E-state index contributed by atoms with van der Waals surface area (Å²) in [6, 6.07) is 3.25. The summed E-state index contributed by atoms with van der Waals surface area (Å²) in [6.07, 6.45) is 2.02. The van der Waals surface area contributed by atoms with Crippen LogP contribution in [0.15, 0.2) is 18.3 Å². The van der Waals surface area contributed by atoms with E-state index in [2.05, 4.69) is 9.88 Å². The van der Waals surface area contributed by atoms with Crippen molar-refractivity contribution in [1.82, 2.24) is 14.8 Å². The summed E-state index contributed by atoms with van der Waals surface area (Å²) in [5.74, 6) is 0.804. The molecule has 26 heavy (non-hydrogen) atoms. The number of pyridine rings is 1. The third-order valence-corrected chi connectivity index (χ3v) is 6.87. The zero-order valence-corrected chi connectivity index (χ0v) is 15.9. The van der Waals surface area contributed by atoms with E-state index in [4.69, 9.17) is 0 Å². The highest BCUT2D eigenvalue weighted by Gasteiger charge is 2.33. The van der Waals surface area contributed by atoms with Crippen LogP contribution in [0.2, 0.25) is 0 Å². The predicted octanol–water partition coefficient (Wildman–Crippen LogP) is 0.00920. The second-order valence-corrected chi connectivity index (χ2v) is 9.10. The first-order chi connectivity index (χ1) is 12.3. The van der Waals surface area contributed by atoms with Crippen LogP contribution in [0.1, 0.15) is 23.7 Å². The van der Waals surface area contributed by atoms with Gasteiger partial charge in [-0.3, -0.25) is 9.59 Å². The van der Waals surface area contributed by atoms with Gasteiger partial charge in [-0.2, -0.15) is 0 Å². The zero-order chi connectivity index (χ0) is 18.9. The number of sulfone groups is 1. The molecule has 3 heterocycles. The molecule has 2 amide bonds. The Labute approximate surface area is 153 Å². The van der Waals surface area contributed by atoms with E-state index in [0.29, 0.717) is 38.2 Å². The number of piperazine rings is 1. The molecule has 1 aromatic rings. The summed E-state index contributed by atoms with van der Waals surface area (Å²) in [5.41, 5.74) is 0.447. The zero-order valence-electron chi connectivity index (χ0n) is 15.1. The molecule has 0 N–H and O–H groups in total. The van der Waals surface area contributed by atoms with Gasteiger partial charge in [0.2, 0.25) is 5.91 Å². The van der Waals surface area contributed by atoms with Crippen molar-refractivity contribution in [3.8, 4) is 0 Å². The van der Waals surface area contributed by atoms with Gasteiger partial charge in [0.1, 0.15) is 5.82 Å². The molecular weight excluding hydrogens is 356 g/mol. The van der Waals surface area contributed by atoms with Gasteiger partial charge in [-0.25, -0.2) is 13.4 Å². The quantitative estimate of drug-likeness (QED) is 0.734. The number of rotatable bonds is 3. The van der Waals surface area contributed by atoms with Gasteiger partial charge < -0.3 is 14.7 Å². The number of carbonyl (C=O) groups is 2. The Kier molecular flexibility index (Phi) is 5.17. The second-order valence-electron chi connectivity index (χ2n) is 6.87. The lowest BCUT2D eigenvalue weighted by molar-refractivity contribution is -0.129. The van der Waals surface area contributed by atoms with Crippen molar-refractivity contribution in [2.75, 3.05) is 49.6 Å². The number of hydrogen-bond donors (Lipinski definition) is 0. The van der Waals surface area contributed by atoms with Gasteiger partial charge in [0.15, 0.2) is 9.84 Å². The Balaban J connectivity index is 1.62. The topological polar surface area (TPSA) is 90.9 Å². The highest BCUT2D eigenvalue weighted by molar-refractivity contribution is 7.91. The molecule has 2 aliphatic heterocycles. The lowest BCUT2D eigenvalue weighted by atomic mass is 10.2. The summed E-state index contributed by atoms with van der Waals surface area (Å²) in [6.45, 7) is 4.31. The number of carbonyl (C=O) groups excluding carboxylic acids is 2. The molecule has 0 bridgehead atoms. The molecule has 2 fully saturated rings. The van der Waals surface area contributed by atoms with E-state index >= 15 is 0 Å². The second kappa shape index (κ2) is 7.22. The van der Waals surface area contributed by atoms with Gasteiger partial charge in [0.05, 0.1) is 17.1 Å². The average Bonchev–Trinajstić information content (AvgIpc) is 3.00. The van der Waals surface area contributed by atoms with Crippen LogP contribution in [-0.4, -0.2) is 85.8 Å². The molecule has 8 nitrogen and oxygen atoms in total. The minimum atomic E-state index is -3.03. The van der Waals surface area contributed by atoms with Crippen molar-refractivity contribution in [3.05, 3.63) is 23.9 Å². The molecule has 1 atom stereocenters. The number of hydrogen-bond acceptors (Lipinski definition) is 6. The highest BCUT2D eigenvalue weighted by Crippen LogP contribution is 2.20. The van der Waals surface area contributed by atoms with Crippen LogP contribution in [0.4, 0.5) is 5.82 Å².